The Balaban J connectivity index is 2.02. The van der Waals surface area contributed by atoms with Crippen molar-refractivity contribution in [3.05, 3.63) is 29.6 Å². The number of halogens is 1. The highest BCUT2D eigenvalue weighted by Gasteiger charge is 2.52. The summed E-state index contributed by atoms with van der Waals surface area (Å²) in [6.45, 7) is -0.0356. The maximum Gasteiger partial charge on any atom is 0.240 e. The average Bonchev–Trinajstić information content (AvgIpc) is 2.70. The molecule has 3 rings (SSSR count). The molecule has 2 aliphatic rings. The number of rotatable bonds is 2. The molecule has 0 bridgehead atoms. The highest BCUT2D eigenvalue weighted by Crippen LogP contribution is 2.47. The monoisotopic (exact) mass is 290 g/mol. The molecule has 0 aromatic heterocycles. The number of hydrogen-bond acceptors (Lipinski definition) is 3. The number of benzene rings is 1. The van der Waals surface area contributed by atoms with Gasteiger partial charge in [0.05, 0.1) is 11.1 Å². The number of carbonyl (C=O) groups excluding carboxylic acids is 2. The second kappa shape index (κ2) is 5.22. The first-order valence-electron chi connectivity index (χ1n) is 7.44. The van der Waals surface area contributed by atoms with Crippen molar-refractivity contribution in [1.29, 1.82) is 0 Å². The number of carbonyl (C=O) groups is 2. The molecule has 2 N–H and O–H groups in total. The Kier molecular flexibility index (Phi) is 3.53. The zero-order chi connectivity index (χ0) is 15.0. The predicted molar refractivity (Wildman–Crippen MR) is 76.9 cm³/mol. The summed E-state index contributed by atoms with van der Waals surface area (Å²) in [4.78, 5) is 26.4. The third kappa shape index (κ3) is 2.16. The topological polar surface area (TPSA) is 63.4 Å². The van der Waals surface area contributed by atoms with Crippen molar-refractivity contribution < 1.29 is 14.0 Å². The quantitative estimate of drug-likeness (QED) is 0.851. The molecule has 5 heteroatoms. The Bertz CT molecular complexity index is 594. The van der Waals surface area contributed by atoms with Crippen molar-refractivity contribution in [1.82, 2.24) is 0 Å². The van der Waals surface area contributed by atoms with Crippen LogP contribution in [0.1, 0.15) is 44.1 Å². The molecule has 1 saturated heterocycles. The third-order valence-corrected chi connectivity index (χ3v) is 4.75. The lowest BCUT2D eigenvalue weighted by Crippen LogP contribution is -2.37. The van der Waals surface area contributed by atoms with Crippen molar-refractivity contribution in [2.24, 2.45) is 11.1 Å². The van der Waals surface area contributed by atoms with Crippen LogP contribution in [0.4, 0.5) is 10.1 Å². The minimum Gasteiger partial charge on any atom is -0.326 e. The van der Waals surface area contributed by atoms with E-state index < -0.39 is 11.2 Å². The van der Waals surface area contributed by atoms with Crippen LogP contribution in [0.15, 0.2) is 18.2 Å². The van der Waals surface area contributed by atoms with Gasteiger partial charge in [-0.1, -0.05) is 25.3 Å². The van der Waals surface area contributed by atoms with Gasteiger partial charge in [0.15, 0.2) is 0 Å². The van der Waals surface area contributed by atoms with E-state index in [9.17, 15) is 14.0 Å². The fourth-order valence-electron chi connectivity index (χ4n) is 3.62. The van der Waals surface area contributed by atoms with Gasteiger partial charge in [0.2, 0.25) is 11.8 Å². The van der Waals surface area contributed by atoms with Crippen molar-refractivity contribution >= 4 is 17.5 Å². The van der Waals surface area contributed by atoms with E-state index in [1.807, 2.05) is 0 Å². The summed E-state index contributed by atoms with van der Waals surface area (Å²) in [6.07, 6.45) is 4.80. The van der Waals surface area contributed by atoms with Crippen molar-refractivity contribution in [3.63, 3.8) is 0 Å². The molecule has 0 radical (unpaired) electrons. The number of hydrogen-bond donors (Lipinski definition) is 1. The van der Waals surface area contributed by atoms with Crippen LogP contribution in [-0.4, -0.2) is 11.8 Å². The number of nitrogens with two attached hydrogens (primary N) is 1. The molecule has 1 saturated carbocycles. The predicted octanol–water partition coefficient (Wildman–Crippen LogP) is 2.50. The number of imide groups is 1. The smallest absolute Gasteiger partial charge is 0.240 e. The molecule has 2 amide bonds. The van der Waals surface area contributed by atoms with Crippen LogP contribution in [0.5, 0.6) is 0 Å². The van der Waals surface area contributed by atoms with Crippen LogP contribution in [0.2, 0.25) is 0 Å². The molecule has 1 aliphatic carbocycles. The third-order valence-electron chi connectivity index (χ3n) is 4.75. The fourth-order valence-corrected chi connectivity index (χ4v) is 3.62. The molecule has 2 fully saturated rings. The summed E-state index contributed by atoms with van der Waals surface area (Å²) in [6, 6.07) is 4.41. The van der Waals surface area contributed by atoms with Gasteiger partial charge in [-0.05, 0) is 25.0 Å². The second-order valence-electron chi connectivity index (χ2n) is 5.99. The van der Waals surface area contributed by atoms with Crippen LogP contribution < -0.4 is 10.6 Å². The molecule has 21 heavy (non-hydrogen) atoms. The van der Waals surface area contributed by atoms with E-state index in [2.05, 4.69) is 0 Å². The molecule has 1 heterocycles. The molecule has 0 unspecified atom stereocenters. The molecule has 4 nitrogen and oxygen atoms in total. The summed E-state index contributed by atoms with van der Waals surface area (Å²) in [5.41, 5.74) is 5.57. The van der Waals surface area contributed by atoms with Gasteiger partial charge in [-0.2, -0.15) is 0 Å². The van der Waals surface area contributed by atoms with Crippen LogP contribution in [0.3, 0.4) is 0 Å². The average molecular weight is 290 g/mol. The molecule has 112 valence electrons. The van der Waals surface area contributed by atoms with E-state index in [0.29, 0.717) is 5.69 Å². The zero-order valence-electron chi connectivity index (χ0n) is 11.9. The van der Waals surface area contributed by atoms with E-state index in [1.54, 1.807) is 6.07 Å². The number of nitrogens with zero attached hydrogens (tertiary/aromatic N) is 1. The first-order chi connectivity index (χ1) is 10.1. The van der Waals surface area contributed by atoms with Gasteiger partial charge in [0.25, 0.3) is 0 Å². The SMILES string of the molecule is NCc1c(F)cccc1N1C(=O)CC2(CCCCC2)C1=O. The first-order valence-corrected chi connectivity index (χ1v) is 7.44. The van der Waals surface area contributed by atoms with Gasteiger partial charge in [-0.3, -0.25) is 9.59 Å². The largest absolute Gasteiger partial charge is 0.326 e. The maximum atomic E-state index is 13.9. The van der Waals surface area contributed by atoms with Gasteiger partial charge in [0.1, 0.15) is 5.82 Å². The van der Waals surface area contributed by atoms with Crippen LogP contribution >= 0.6 is 0 Å². The Morgan fingerprint density at radius 2 is 1.90 bits per heavy atom. The second-order valence-corrected chi connectivity index (χ2v) is 5.99. The van der Waals surface area contributed by atoms with Crippen molar-refractivity contribution in [3.8, 4) is 0 Å². The first kappa shape index (κ1) is 14.2. The molecule has 1 spiro atoms. The van der Waals surface area contributed by atoms with Crippen LogP contribution in [0, 0.1) is 11.2 Å². The fraction of sp³-hybridized carbons (Fsp3) is 0.500. The highest BCUT2D eigenvalue weighted by atomic mass is 19.1. The summed E-state index contributed by atoms with van der Waals surface area (Å²) < 4.78 is 13.9. The summed E-state index contributed by atoms with van der Waals surface area (Å²) in [7, 11) is 0. The Morgan fingerprint density at radius 3 is 2.57 bits per heavy atom. The summed E-state index contributed by atoms with van der Waals surface area (Å²) in [5, 5.41) is 0. The lowest BCUT2D eigenvalue weighted by molar-refractivity contribution is -0.127. The number of anilines is 1. The maximum absolute atomic E-state index is 13.9. The van der Waals surface area contributed by atoms with E-state index in [1.165, 1.54) is 12.1 Å². The standard InChI is InChI=1S/C16H19FN2O2/c17-12-5-4-6-13(11(12)10-18)19-14(20)9-16(15(19)21)7-2-1-3-8-16/h4-6H,1-3,7-10,18H2. The van der Waals surface area contributed by atoms with Crippen LogP contribution in [0.25, 0.3) is 0 Å². The highest BCUT2D eigenvalue weighted by molar-refractivity contribution is 6.22. The molecule has 1 aromatic carbocycles. The Hall–Kier alpha value is -1.75. The molecular formula is C16H19FN2O2. The molecular weight excluding hydrogens is 271 g/mol. The van der Waals surface area contributed by atoms with Crippen molar-refractivity contribution in [2.45, 2.75) is 45.1 Å². The van der Waals surface area contributed by atoms with Gasteiger partial charge in [-0.15, -0.1) is 0 Å². The van der Waals surface area contributed by atoms with Gasteiger partial charge >= 0.3 is 0 Å². The molecule has 0 atom stereocenters. The minimum absolute atomic E-state index is 0.0356. The van der Waals surface area contributed by atoms with Gasteiger partial charge < -0.3 is 5.73 Å². The zero-order valence-corrected chi connectivity index (χ0v) is 11.9. The van der Waals surface area contributed by atoms with E-state index in [0.717, 1.165) is 37.0 Å². The Labute approximate surface area is 123 Å². The van der Waals surface area contributed by atoms with Crippen LogP contribution in [-0.2, 0) is 16.1 Å². The van der Waals surface area contributed by atoms with E-state index >= 15 is 0 Å². The van der Waals surface area contributed by atoms with Gasteiger partial charge in [0, 0.05) is 18.5 Å². The molecule has 1 aromatic rings. The minimum atomic E-state index is -0.562. The summed E-state index contributed by atoms with van der Waals surface area (Å²) >= 11 is 0. The van der Waals surface area contributed by atoms with E-state index in [4.69, 9.17) is 5.73 Å². The molecule has 1 aliphatic heterocycles. The number of amides is 2. The summed E-state index contributed by atoms with van der Waals surface area (Å²) in [5.74, 6) is -0.880. The van der Waals surface area contributed by atoms with Crippen molar-refractivity contribution in [2.75, 3.05) is 4.90 Å². The van der Waals surface area contributed by atoms with E-state index in [-0.39, 0.29) is 30.3 Å². The Morgan fingerprint density at radius 1 is 1.19 bits per heavy atom. The lowest BCUT2D eigenvalue weighted by Gasteiger charge is -2.30. The lowest BCUT2D eigenvalue weighted by atomic mass is 9.73. The normalized spacial score (nSPS) is 21.3. The van der Waals surface area contributed by atoms with Gasteiger partial charge in [-0.25, -0.2) is 9.29 Å².